The number of rotatable bonds is 0. The maximum Gasteiger partial charge on any atom is 0.142 e. The van der Waals surface area contributed by atoms with E-state index in [0.717, 1.165) is 5.76 Å². The molecule has 1 aliphatic rings. The first-order chi connectivity index (χ1) is 7.45. The van der Waals surface area contributed by atoms with E-state index < -0.39 is 0 Å². The number of fused-ring (bicyclic) bond motifs is 3. The molecule has 0 fully saturated rings. The summed E-state index contributed by atoms with van der Waals surface area (Å²) in [6, 6.07) is 14.8. The molecule has 70 valence electrons. The first kappa shape index (κ1) is 7.30. The molecular formula is C14H8O. The Labute approximate surface area is 87.0 Å². The summed E-state index contributed by atoms with van der Waals surface area (Å²) in [6.45, 7) is 0. The Hall–Kier alpha value is -2.02. The molecule has 4 rings (SSSR count). The highest BCUT2D eigenvalue weighted by molar-refractivity contribution is 6.13. The monoisotopic (exact) mass is 192 g/mol. The van der Waals surface area contributed by atoms with Crippen LogP contribution in [0.2, 0.25) is 0 Å². The second-order valence-corrected chi connectivity index (χ2v) is 3.87. The quantitative estimate of drug-likeness (QED) is 0.409. The van der Waals surface area contributed by atoms with Gasteiger partial charge in [0.05, 0.1) is 6.26 Å². The van der Waals surface area contributed by atoms with Crippen molar-refractivity contribution < 1.29 is 4.42 Å². The molecule has 0 aliphatic heterocycles. The fourth-order valence-electron chi connectivity index (χ4n) is 2.48. The minimum absolute atomic E-state index is 1.02. The Morgan fingerprint density at radius 1 is 0.733 bits per heavy atom. The molecule has 1 aromatic heterocycles. The summed E-state index contributed by atoms with van der Waals surface area (Å²) in [7, 11) is 0. The lowest BCUT2D eigenvalue weighted by molar-refractivity contribution is 0.584. The van der Waals surface area contributed by atoms with Gasteiger partial charge in [0.25, 0.3) is 0 Å². The molecule has 0 unspecified atom stereocenters. The maximum absolute atomic E-state index is 5.55. The van der Waals surface area contributed by atoms with Gasteiger partial charge in [0.15, 0.2) is 0 Å². The normalized spacial score (nSPS) is 12.0. The van der Waals surface area contributed by atoms with Gasteiger partial charge in [-0.25, -0.2) is 0 Å². The van der Waals surface area contributed by atoms with Crippen molar-refractivity contribution >= 4 is 10.8 Å². The Morgan fingerprint density at radius 3 is 2.40 bits per heavy atom. The summed E-state index contributed by atoms with van der Waals surface area (Å²) < 4.78 is 5.55. The molecule has 1 heteroatoms. The lowest BCUT2D eigenvalue weighted by atomic mass is 10.0. The van der Waals surface area contributed by atoms with Crippen molar-refractivity contribution in [3.63, 3.8) is 0 Å². The molecular weight excluding hydrogens is 184 g/mol. The van der Waals surface area contributed by atoms with Crippen LogP contribution in [0.25, 0.3) is 33.2 Å². The van der Waals surface area contributed by atoms with E-state index in [0.29, 0.717) is 0 Å². The zero-order valence-electron chi connectivity index (χ0n) is 8.03. The van der Waals surface area contributed by atoms with Crippen molar-refractivity contribution in [2.75, 3.05) is 0 Å². The molecule has 0 spiro atoms. The molecule has 15 heavy (non-hydrogen) atoms. The second-order valence-electron chi connectivity index (χ2n) is 3.87. The predicted molar refractivity (Wildman–Crippen MR) is 60.6 cm³/mol. The number of furan rings is 1. The molecule has 0 bridgehead atoms. The van der Waals surface area contributed by atoms with Gasteiger partial charge in [-0.3, -0.25) is 0 Å². The third-order valence-electron chi connectivity index (χ3n) is 3.10. The van der Waals surface area contributed by atoms with E-state index in [1.54, 1.807) is 6.26 Å². The molecule has 1 heterocycles. The molecule has 1 nitrogen and oxygen atoms in total. The van der Waals surface area contributed by atoms with Gasteiger partial charge >= 0.3 is 0 Å². The van der Waals surface area contributed by atoms with Crippen LogP contribution in [0, 0.1) is 0 Å². The van der Waals surface area contributed by atoms with Crippen LogP contribution < -0.4 is 0 Å². The summed E-state index contributed by atoms with van der Waals surface area (Å²) in [5, 5.41) is 2.62. The maximum atomic E-state index is 5.55. The van der Waals surface area contributed by atoms with Gasteiger partial charge in [0.1, 0.15) is 5.76 Å². The highest BCUT2D eigenvalue weighted by Gasteiger charge is 2.22. The molecule has 0 amide bonds. The molecule has 0 saturated carbocycles. The number of hydrogen-bond donors (Lipinski definition) is 0. The van der Waals surface area contributed by atoms with Gasteiger partial charge in [-0.2, -0.15) is 0 Å². The van der Waals surface area contributed by atoms with Gasteiger partial charge in [0.2, 0.25) is 0 Å². The van der Waals surface area contributed by atoms with Crippen molar-refractivity contribution in [3.05, 3.63) is 48.7 Å². The summed E-state index contributed by atoms with van der Waals surface area (Å²) in [4.78, 5) is 0. The number of benzene rings is 2. The van der Waals surface area contributed by atoms with E-state index in [-0.39, 0.29) is 0 Å². The third-order valence-corrected chi connectivity index (χ3v) is 3.10. The minimum Gasteiger partial charge on any atom is -0.464 e. The van der Waals surface area contributed by atoms with Crippen LogP contribution in [0.1, 0.15) is 0 Å². The van der Waals surface area contributed by atoms with Crippen LogP contribution in [0.4, 0.5) is 0 Å². The van der Waals surface area contributed by atoms with Crippen molar-refractivity contribution in [1.82, 2.24) is 0 Å². The lowest BCUT2D eigenvalue weighted by Crippen LogP contribution is -1.74. The van der Waals surface area contributed by atoms with Crippen LogP contribution in [0.15, 0.2) is 53.1 Å². The first-order valence-corrected chi connectivity index (χ1v) is 5.05. The van der Waals surface area contributed by atoms with Crippen LogP contribution in [-0.4, -0.2) is 0 Å². The molecule has 1 aliphatic carbocycles. The Balaban J connectivity index is 2.35. The third kappa shape index (κ3) is 0.747. The Morgan fingerprint density at radius 2 is 1.53 bits per heavy atom. The van der Waals surface area contributed by atoms with Gasteiger partial charge < -0.3 is 4.42 Å². The lowest BCUT2D eigenvalue weighted by Gasteiger charge is -2.00. The Bertz CT molecular complexity index is 623. The molecule has 0 radical (unpaired) electrons. The smallest absolute Gasteiger partial charge is 0.142 e. The van der Waals surface area contributed by atoms with Crippen LogP contribution in [0.3, 0.4) is 0 Å². The van der Waals surface area contributed by atoms with E-state index in [2.05, 4.69) is 36.4 Å². The van der Waals surface area contributed by atoms with Crippen molar-refractivity contribution in [3.8, 4) is 22.5 Å². The number of hydrogen-bond acceptors (Lipinski definition) is 1. The minimum atomic E-state index is 1.02. The summed E-state index contributed by atoms with van der Waals surface area (Å²) >= 11 is 0. The fraction of sp³-hybridized carbons (Fsp3) is 0. The van der Waals surface area contributed by atoms with Crippen molar-refractivity contribution in [1.29, 1.82) is 0 Å². The van der Waals surface area contributed by atoms with Gasteiger partial charge in [-0.15, -0.1) is 0 Å². The molecule has 0 saturated heterocycles. The van der Waals surface area contributed by atoms with Gasteiger partial charge in [0, 0.05) is 16.5 Å². The average molecular weight is 192 g/mol. The highest BCUT2D eigenvalue weighted by Crippen LogP contribution is 2.47. The summed E-state index contributed by atoms with van der Waals surface area (Å²) in [5.41, 5.74) is 3.75. The topological polar surface area (TPSA) is 13.1 Å². The molecule has 3 aromatic rings. The average Bonchev–Trinajstić information content (AvgIpc) is 2.84. The molecule has 0 atom stereocenters. The summed E-state index contributed by atoms with van der Waals surface area (Å²) in [6.07, 6.45) is 1.76. The second kappa shape index (κ2) is 2.31. The van der Waals surface area contributed by atoms with E-state index in [4.69, 9.17) is 4.42 Å². The Kier molecular flexibility index (Phi) is 1.13. The SMILES string of the molecule is c1cc2c3c(cccc3c1)-c1occc1-2. The van der Waals surface area contributed by atoms with Crippen molar-refractivity contribution in [2.24, 2.45) is 0 Å². The van der Waals surface area contributed by atoms with Crippen LogP contribution >= 0.6 is 0 Å². The first-order valence-electron chi connectivity index (χ1n) is 5.05. The van der Waals surface area contributed by atoms with Gasteiger partial charge in [-0.1, -0.05) is 36.4 Å². The van der Waals surface area contributed by atoms with Crippen molar-refractivity contribution in [2.45, 2.75) is 0 Å². The largest absolute Gasteiger partial charge is 0.464 e. The zero-order valence-corrected chi connectivity index (χ0v) is 8.03. The highest BCUT2D eigenvalue weighted by atomic mass is 16.3. The predicted octanol–water partition coefficient (Wildman–Crippen LogP) is 4.08. The van der Waals surface area contributed by atoms with Crippen LogP contribution in [0.5, 0.6) is 0 Å². The van der Waals surface area contributed by atoms with E-state index in [1.807, 2.05) is 6.07 Å². The van der Waals surface area contributed by atoms with E-state index >= 15 is 0 Å². The zero-order chi connectivity index (χ0) is 9.83. The van der Waals surface area contributed by atoms with Crippen LogP contribution in [-0.2, 0) is 0 Å². The van der Waals surface area contributed by atoms with Gasteiger partial charge in [-0.05, 0) is 17.0 Å². The molecule has 0 N–H and O–H groups in total. The molecule has 2 aromatic carbocycles. The van der Waals surface area contributed by atoms with E-state index in [1.165, 1.54) is 27.5 Å². The standard InChI is InChI=1S/C14H8O/c1-3-9-4-2-6-12-13(9)10(5-1)11-7-8-15-14(11)12/h1-8H. The summed E-state index contributed by atoms with van der Waals surface area (Å²) in [5.74, 6) is 1.02. The fourth-order valence-corrected chi connectivity index (χ4v) is 2.48. The van der Waals surface area contributed by atoms with E-state index in [9.17, 15) is 0 Å².